The van der Waals surface area contributed by atoms with Crippen molar-refractivity contribution >= 4 is 11.4 Å². The summed E-state index contributed by atoms with van der Waals surface area (Å²) in [7, 11) is 0. The molecule has 18 heavy (non-hydrogen) atoms. The zero-order valence-corrected chi connectivity index (χ0v) is 11.1. The summed E-state index contributed by atoms with van der Waals surface area (Å²) in [6.07, 6.45) is 0.688. The van der Waals surface area contributed by atoms with E-state index in [0.29, 0.717) is 13.0 Å². The molecule has 1 aromatic rings. The maximum absolute atomic E-state index is 10.7. The molecular formula is C13H20N2O3. The van der Waals surface area contributed by atoms with Gasteiger partial charge in [-0.25, -0.2) is 0 Å². The van der Waals surface area contributed by atoms with E-state index in [4.69, 9.17) is 5.11 Å². The molecule has 0 radical (unpaired) electrons. The van der Waals surface area contributed by atoms with Crippen molar-refractivity contribution in [3.63, 3.8) is 0 Å². The Morgan fingerprint density at radius 2 is 2.11 bits per heavy atom. The summed E-state index contributed by atoms with van der Waals surface area (Å²) in [5.41, 5.74) is 1.78. The summed E-state index contributed by atoms with van der Waals surface area (Å²) < 4.78 is 0. The number of aliphatic hydroxyl groups excluding tert-OH is 1. The maximum Gasteiger partial charge on any atom is 0.271 e. The van der Waals surface area contributed by atoms with Crippen molar-refractivity contribution in [3.05, 3.63) is 33.9 Å². The van der Waals surface area contributed by atoms with Crippen molar-refractivity contribution in [3.8, 4) is 0 Å². The fourth-order valence-corrected chi connectivity index (χ4v) is 1.64. The monoisotopic (exact) mass is 252 g/mol. The van der Waals surface area contributed by atoms with Gasteiger partial charge in [0.15, 0.2) is 0 Å². The highest BCUT2D eigenvalue weighted by Gasteiger charge is 2.17. The van der Waals surface area contributed by atoms with Gasteiger partial charge < -0.3 is 10.4 Å². The molecule has 5 heteroatoms. The van der Waals surface area contributed by atoms with Crippen LogP contribution in [0.2, 0.25) is 0 Å². The minimum Gasteiger partial charge on any atom is -0.396 e. The van der Waals surface area contributed by atoms with Crippen LogP contribution >= 0.6 is 0 Å². The van der Waals surface area contributed by atoms with Gasteiger partial charge in [0.1, 0.15) is 0 Å². The molecule has 0 atom stereocenters. The third kappa shape index (κ3) is 4.00. The summed E-state index contributed by atoms with van der Waals surface area (Å²) in [5, 5.41) is 22.9. The third-order valence-corrected chi connectivity index (χ3v) is 2.98. The summed E-state index contributed by atoms with van der Waals surface area (Å²) >= 11 is 0. The van der Waals surface area contributed by atoms with Crippen molar-refractivity contribution in [1.29, 1.82) is 0 Å². The van der Waals surface area contributed by atoms with Crippen molar-refractivity contribution in [2.24, 2.45) is 5.41 Å². The summed E-state index contributed by atoms with van der Waals surface area (Å²) in [4.78, 5) is 10.3. The zero-order chi connectivity index (χ0) is 13.8. The normalized spacial score (nSPS) is 11.3. The van der Waals surface area contributed by atoms with Crippen LogP contribution in [0, 0.1) is 22.5 Å². The number of aryl methyl sites for hydroxylation is 1. The predicted octanol–water partition coefficient (Wildman–Crippen LogP) is 2.72. The van der Waals surface area contributed by atoms with Crippen LogP contribution in [0.15, 0.2) is 18.2 Å². The van der Waals surface area contributed by atoms with Crippen LogP contribution in [0.3, 0.4) is 0 Å². The first kappa shape index (κ1) is 14.4. The molecule has 1 aromatic carbocycles. The van der Waals surface area contributed by atoms with Gasteiger partial charge in [-0.05, 0) is 24.3 Å². The van der Waals surface area contributed by atoms with Gasteiger partial charge >= 0.3 is 0 Å². The van der Waals surface area contributed by atoms with Gasteiger partial charge in [0.05, 0.1) is 4.92 Å². The number of hydrogen-bond donors (Lipinski definition) is 2. The van der Waals surface area contributed by atoms with Crippen molar-refractivity contribution in [1.82, 2.24) is 0 Å². The van der Waals surface area contributed by atoms with Gasteiger partial charge in [0.25, 0.3) is 5.69 Å². The number of hydrogen-bond acceptors (Lipinski definition) is 4. The van der Waals surface area contributed by atoms with E-state index in [2.05, 4.69) is 5.32 Å². The lowest BCUT2D eigenvalue weighted by atomic mass is 9.89. The highest BCUT2D eigenvalue weighted by Crippen LogP contribution is 2.25. The highest BCUT2D eigenvalue weighted by molar-refractivity contribution is 5.56. The molecule has 0 saturated carbocycles. The number of rotatable bonds is 6. The van der Waals surface area contributed by atoms with Crippen molar-refractivity contribution in [2.45, 2.75) is 27.2 Å². The van der Waals surface area contributed by atoms with Crippen LogP contribution in [0.4, 0.5) is 11.4 Å². The Morgan fingerprint density at radius 3 is 2.67 bits per heavy atom. The van der Waals surface area contributed by atoms with Gasteiger partial charge in [-0.1, -0.05) is 19.9 Å². The van der Waals surface area contributed by atoms with E-state index < -0.39 is 4.92 Å². The number of nitrogens with zero attached hydrogens (tertiary/aromatic N) is 1. The molecule has 0 aromatic heterocycles. The standard InChI is InChI=1S/C13H20N2O3/c1-10-4-5-11(15(17)18)8-12(10)14-9-13(2,3)6-7-16/h4-5,8,14,16H,6-7,9H2,1-3H3. The lowest BCUT2D eigenvalue weighted by molar-refractivity contribution is -0.384. The van der Waals surface area contributed by atoms with Crippen LogP contribution in [-0.2, 0) is 0 Å². The number of nitrogens with one attached hydrogen (secondary N) is 1. The second-order valence-corrected chi connectivity index (χ2v) is 5.25. The number of nitro benzene ring substituents is 1. The van der Waals surface area contributed by atoms with Crippen LogP contribution in [-0.4, -0.2) is 23.2 Å². The largest absolute Gasteiger partial charge is 0.396 e. The van der Waals surface area contributed by atoms with Crippen molar-refractivity contribution in [2.75, 3.05) is 18.5 Å². The van der Waals surface area contributed by atoms with Crippen LogP contribution in [0.5, 0.6) is 0 Å². The molecule has 0 heterocycles. The second kappa shape index (κ2) is 5.82. The van der Waals surface area contributed by atoms with E-state index in [9.17, 15) is 10.1 Å². The predicted molar refractivity (Wildman–Crippen MR) is 71.8 cm³/mol. The Hall–Kier alpha value is -1.62. The first-order chi connectivity index (χ1) is 8.35. The number of nitro groups is 1. The molecule has 2 N–H and O–H groups in total. The fourth-order valence-electron chi connectivity index (χ4n) is 1.64. The van der Waals surface area contributed by atoms with Crippen molar-refractivity contribution < 1.29 is 10.0 Å². The van der Waals surface area contributed by atoms with E-state index in [1.165, 1.54) is 6.07 Å². The lowest BCUT2D eigenvalue weighted by Gasteiger charge is -2.25. The van der Waals surface area contributed by atoms with Gasteiger partial charge in [-0.3, -0.25) is 10.1 Å². The smallest absolute Gasteiger partial charge is 0.271 e. The average molecular weight is 252 g/mol. The molecule has 0 unspecified atom stereocenters. The first-order valence-corrected chi connectivity index (χ1v) is 5.95. The van der Waals surface area contributed by atoms with Crippen LogP contribution in [0.25, 0.3) is 0 Å². The maximum atomic E-state index is 10.7. The van der Waals surface area contributed by atoms with Crippen LogP contribution < -0.4 is 5.32 Å². The molecule has 0 saturated heterocycles. The molecule has 0 aliphatic heterocycles. The second-order valence-electron chi connectivity index (χ2n) is 5.25. The molecule has 1 rings (SSSR count). The Kier molecular flexibility index (Phi) is 4.67. The summed E-state index contributed by atoms with van der Waals surface area (Å²) in [6.45, 7) is 6.80. The number of non-ortho nitro benzene ring substituents is 1. The molecular weight excluding hydrogens is 232 g/mol. The van der Waals surface area contributed by atoms with E-state index in [1.54, 1.807) is 12.1 Å². The average Bonchev–Trinajstić information content (AvgIpc) is 2.27. The Bertz CT molecular complexity index is 430. The summed E-state index contributed by atoms with van der Waals surface area (Å²) in [5.74, 6) is 0. The minimum atomic E-state index is -0.399. The number of benzene rings is 1. The molecule has 0 spiro atoms. The highest BCUT2D eigenvalue weighted by atomic mass is 16.6. The zero-order valence-electron chi connectivity index (χ0n) is 11.1. The molecule has 100 valence electrons. The first-order valence-electron chi connectivity index (χ1n) is 5.95. The Labute approximate surface area is 107 Å². The van der Waals surface area contributed by atoms with Crippen LogP contribution in [0.1, 0.15) is 25.8 Å². The Morgan fingerprint density at radius 1 is 1.44 bits per heavy atom. The molecule has 0 fully saturated rings. The van der Waals surface area contributed by atoms with E-state index in [-0.39, 0.29) is 17.7 Å². The van der Waals surface area contributed by atoms with Gasteiger partial charge in [-0.2, -0.15) is 0 Å². The Balaban J connectivity index is 2.78. The van der Waals surface area contributed by atoms with E-state index in [0.717, 1.165) is 11.3 Å². The molecule has 0 bridgehead atoms. The van der Waals surface area contributed by atoms with Gasteiger partial charge in [0, 0.05) is 31.0 Å². The third-order valence-electron chi connectivity index (χ3n) is 2.98. The minimum absolute atomic E-state index is 0.0498. The number of aliphatic hydroxyl groups is 1. The fraction of sp³-hybridized carbons (Fsp3) is 0.538. The molecule has 0 amide bonds. The molecule has 0 aliphatic rings. The topological polar surface area (TPSA) is 75.4 Å². The van der Waals surface area contributed by atoms with E-state index >= 15 is 0 Å². The quantitative estimate of drug-likeness (QED) is 0.603. The SMILES string of the molecule is Cc1ccc([N+](=O)[O-])cc1NCC(C)(C)CCO. The number of anilines is 1. The molecule has 5 nitrogen and oxygen atoms in total. The lowest BCUT2D eigenvalue weighted by Crippen LogP contribution is -2.24. The van der Waals surface area contributed by atoms with Gasteiger partial charge in [0.2, 0.25) is 0 Å². The molecule has 0 aliphatic carbocycles. The van der Waals surface area contributed by atoms with Gasteiger partial charge in [-0.15, -0.1) is 0 Å². The summed E-state index contributed by atoms with van der Waals surface area (Å²) in [6, 6.07) is 4.78. The van der Waals surface area contributed by atoms with E-state index in [1.807, 2.05) is 20.8 Å².